The van der Waals surface area contributed by atoms with Gasteiger partial charge in [0.15, 0.2) is 11.5 Å². The summed E-state index contributed by atoms with van der Waals surface area (Å²) in [5, 5.41) is 6.32. The summed E-state index contributed by atoms with van der Waals surface area (Å²) in [7, 11) is 2.92. The van der Waals surface area contributed by atoms with Crippen molar-refractivity contribution in [3.05, 3.63) is 45.9 Å². The molecule has 0 aliphatic rings. The highest BCUT2D eigenvalue weighted by atomic mass is 32.1. The molecule has 21 heavy (non-hydrogen) atoms. The average molecular weight is 309 g/mol. The van der Waals surface area contributed by atoms with Crippen LogP contribution >= 0.6 is 11.3 Å². The molecule has 1 heterocycles. The van der Waals surface area contributed by atoms with Crippen LogP contribution in [0.1, 0.15) is 28.9 Å². The van der Waals surface area contributed by atoms with E-state index < -0.39 is 11.9 Å². The Morgan fingerprint density at radius 2 is 1.95 bits per heavy atom. The molecule has 0 bridgehead atoms. The molecule has 0 saturated carbocycles. The van der Waals surface area contributed by atoms with Crippen molar-refractivity contribution >= 4 is 17.2 Å². The molecule has 1 atom stereocenters. The standard InChI is InChI=1S/C15H16FNO3S/c1-9(17-15(18)10-4-5-21-8-10)11-6-13(19-2)14(20-3)7-12(11)16/h4-9H,1-3H3,(H,17,18)/t9-/m1/s1. The van der Waals surface area contributed by atoms with Gasteiger partial charge in [0.05, 0.1) is 25.8 Å². The monoisotopic (exact) mass is 309 g/mol. The zero-order valence-electron chi connectivity index (χ0n) is 12.0. The normalized spacial score (nSPS) is 11.8. The van der Waals surface area contributed by atoms with E-state index >= 15 is 0 Å². The van der Waals surface area contributed by atoms with Gasteiger partial charge >= 0.3 is 0 Å². The van der Waals surface area contributed by atoms with E-state index in [9.17, 15) is 9.18 Å². The van der Waals surface area contributed by atoms with Crippen LogP contribution in [0.25, 0.3) is 0 Å². The topological polar surface area (TPSA) is 47.6 Å². The molecule has 0 radical (unpaired) electrons. The van der Waals surface area contributed by atoms with Crippen LogP contribution in [0, 0.1) is 5.82 Å². The minimum atomic E-state index is -0.489. The fraction of sp³-hybridized carbons (Fsp3) is 0.267. The van der Waals surface area contributed by atoms with Crippen LogP contribution in [-0.4, -0.2) is 20.1 Å². The Morgan fingerprint density at radius 3 is 2.52 bits per heavy atom. The molecule has 1 aromatic carbocycles. The lowest BCUT2D eigenvalue weighted by atomic mass is 10.1. The average Bonchev–Trinajstić information content (AvgIpc) is 3.00. The summed E-state index contributed by atoms with van der Waals surface area (Å²) in [5.74, 6) is 0.0457. The molecule has 0 aliphatic carbocycles. The van der Waals surface area contributed by atoms with Gasteiger partial charge in [-0.15, -0.1) is 0 Å². The molecule has 6 heteroatoms. The Balaban J connectivity index is 2.22. The maximum atomic E-state index is 14.1. The highest BCUT2D eigenvalue weighted by Gasteiger charge is 2.18. The van der Waals surface area contributed by atoms with Crippen molar-refractivity contribution in [3.63, 3.8) is 0 Å². The van der Waals surface area contributed by atoms with Crippen LogP contribution in [-0.2, 0) is 0 Å². The van der Waals surface area contributed by atoms with Crippen LogP contribution in [0.2, 0.25) is 0 Å². The Labute approximate surface area is 126 Å². The number of carbonyl (C=O) groups is 1. The van der Waals surface area contributed by atoms with E-state index in [0.717, 1.165) is 0 Å². The van der Waals surface area contributed by atoms with Gasteiger partial charge in [-0.05, 0) is 24.4 Å². The van der Waals surface area contributed by atoms with Crippen molar-refractivity contribution in [2.45, 2.75) is 13.0 Å². The van der Waals surface area contributed by atoms with E-state index in [1.54, 1.807) is 18.4 Å². The van der Waals surface area contributed by atoms with Gasteiger partial charge in [0.1, 0.15) is 5.82 Å². The summed E-state index contributed by atoms with van der Waals surface area (Å²) in [4.78, 5) is 12.0. The van der Waals surface area contributed by atoms with Gasteiger partial charge in [0.25, 0.3) is 5.91 Å². The quantitative estimate of drug-likeness (QED) is 0.921. The van der Waals surface area contributed by atoms with Crippen LogP contribution in [0.5, 0.6) is 11.5 Å². The van der Waals surface area contributed by atoms with Gasteiger partial charge in [-0.2, -0.15) is 11.3 Å². The number of methoxy groups -OCH3 is 2. The lowest BCUT2D eigenvalue weighted by molar-refractivity contribution is 0.0940. The minimum Gasteiger partial charge on any atom is -0.493 e. The number of benzene rings is 1. The number of amides is 1. The molecular weight excluding hydrogens is 293 g/mol. The first-order valence-corrected chi connectivity index (χ1v) is 7.25. The molecule has 1 amide bonds. The maximum Gasteiger partial charge on any atom is 0.252 e. The molecule has 2 rings (SSSR count). The number of halogens is 1. The van der Waals surface area contributed by atoms with E-state index in [1.807, 2.05) is 5.38 Å². The number of rotatable bonds is 5. The molecule has 1 N–H and O–H groups in total. The number of ether oxygens (including phenoxy) is 2. The van der Waals surface area contributed by atoms with Crippen LogP contribution in [0.3, 0.4) is 0 Å². The van der Waals surface area contributed by atoms with E-state index in [-0.39, 0.29) is 5.91 Å². The van der Waals surface area contributed by atoms with Gasteiger partial charge in [0.2, 0.25) is 0 Å². The van der Waals surface area contributed by atoms with Crippen LogP contribution in [0.15, 0.2) is 29.0 Å². The van der Waals surface area contributed by atoms with Crippen molar-refractivity contribution < 1.29 is 18.7 Å². The van der Waals surface area contributed by atoms with Crippen molar-refractivity contribution in [2.75, 3.05) is 14.2 Å². The molecule has 0 aliphatic heterocycles. The summed E-state index contributed by atoms with van der Waals surface area (Å²) in [5.41, 5.74) is 0.906. The number of thiophene rings is 1. The Kier molecular flexibility index (Phi) is 4.80. The second-order valence-corrected chi connectivity index (χ2v) is 5.22. The van der Waals surface area contributed by atoms with Crippen LogP contribution in [0.4, 0.5) is 4.39 Å². The zero-order chi connectivity index (χ0) is 15.4. The summed E-state index contributed by atoms with van der Waals surface area (Å²) < 4.78 is 24.3. The molecule has 0 spiro atoms. The van der Waals surface area contributed by atoms with Crippen molar-refractivity contribution in [2.24, 2.45) is 0 Å². The fourth-order valence-electron chi connectivity index (χ4n) is 1.95. The summed E-state index contributed by atoms with van der Waals surface area (Å²) in [6, 6.07) is 4.02. The zero-order valence-corrected chi connectivity index (χ0v) is 12.8. The first kappa shape index (κ1) is 15.3. The van der Waals surface area contributed by atoms with Gasteiger partial charge in [-0.3, -0.25) is 4.79 Å². The molecule has 2 aromatic rings. The molecule has 4 nitrogen and oxygen atoms in total. The minimum absolute atomic E-state index is 0.238. The van der Waals surface area contributed by atoms with Crippen LogP contribution < -0.4 is 14.8 Å². The van der Waals surface area contributed by atoms with Crippen molar-refractivity contribution in [3.8, 4) is 11.5 Å². The molecule has 0 unspecified atom stereocenters. The third-order valence-corrected chi connectivity index (χ3v) is 3.78. The third kappa shape index (κ3) is 3.33. The SMILES string of the molecule is COc1cc(F)c([C@@H](C)NC(=O)c2ccsc2)cc1OC. The molecule has 1 aromatic heterocycles. The molecule has 0 saturated heterocycles. The number of hydrogen-bond donors (Lipinski definition) is 1. The molecule has 112 valence electrons. The Hall–Kier alpha value is -2.08. The van der Waals surface area contributed by atoms with E-state index in [2.05, 4.69) is 5.32 Å². The summed E-state index contributed by atoms with van der Waals surface area (Å²) in [6.45, 7) is 1.72. The van der Waals surface area contributed by atoms with Crippen molar-refractivity contribution in [1.82, 2.24) is 5.32 Å². The number of carbonyl (C=O) groups excluding carboxylic acids is 1. The highest BCUT2D eigenvalue weighted by Crippen LogP contribution is 2.32. The lowest BCUT2D eigenvalue weighted by Crippen LogP contribution is -2.26. The van der Waals surface area contributed by atoms with E-state index in [1.165, 1.54) is 37.7 Å². The predicted molar refractivity (Wildman–Crippen MR) is 79.7 cm³/mol. The summed E-state index contributed by atoms with van der Waals surface area (Å²) >= 11 is 1.43. The molecular formula is C15H16FNO3S. The smallest absolute Gasteiger partial charge is 0.252 e. The first-order valence-electron chi connectivity index (χ1n) is 6.31. The number of hydrogen-bond acceptors (Lipinski definition) is 4. The second kappa shape index (κ2) is 6.58. The van der Waals surface area contributed by atoms with E-state index in [4.69, 9.17) is 9.47 Å². The Morgan fingerprint density at radius 1 is 1.29 bits per heavy atom. The molecule has 0 fully saturated rings. The predicted octanol–water partition coefficient (Wildman–Crippen LogP) is 3.40. The largest absolute Gasteiger partial charge is 0.493 e. The van der Waals surface area contributed by atoms with Gasteiger partial charge in [0, 0.05) is 17.0 Å². The van der Waals surface area contributed by atoms with Crippen molar-refractivity contribution in [1.29, 1.82) is 0 Å². The van der Waals surface area contributed by atoms with Gasteiger partial charge in [-0.1, -0.05) is 0 Å². The van der Waals surface area contributed by atoms with Gasteiger partial charge in [-0.25, -0.2) is 4.39 Å². The third-order valence-electron chi connectivity index (χ3n) is 3.10. The highest BCUT2D eigenvalue weighted by molar-refractivity contribution is 7.08. The van der Waals surface area contributed by atoms with E-state index in [0.29, 0.717) is 22.6 Å². The Bertz CT molecular complexity index is 628. The number of nitrogens with one attached hydrogen (secondary N) is 1. The lowest BCUT2D eigenvalue weighted by Gasteiger charge is -2.17. The maximum absolute atomic E-state index is 14.1. The van der Waals surface area contributed by atoms with Gasteiger partial charge < -0.3 is 14.8 Å². The summed E-state index contributed by atoms with van der Waals surface area (Å²) in [6.07, 6.45) is 0. The first-order chi connectivity index (χ1) is 10.1. The fourth-order valence-corrected chi connectivity index (χ4v) is 2.59. The second-order valence-electron chi connectivity index (χ2n) is 4.44.